The molecular formula is C21H39IN6O. The van der Waals surface area contributed by atoms with Crippen LogP contribution in [0.3, 0.4) is 0 Å². The summed E-state index contributed by atoms with van der Waals surface area (Å²) in [4.78, 5) is 14.1. The fourth-order valence-electron chi connectivity index (χ4n) is 3.06. The molecule has 29 heavy (non-hydrogen) atoms. The van der Waals surface area contributed by atoms with Crippen LogP contribution in [0.5, 0.6) is 0 Å². The molecule has 1 saturated heterocycles. The van der Waals surface area contributed by atoms with E-state index in [1.54, 1.807) is 0 Å². The van der Waals surface area contributed by atoms with Crippen molar-refractivity contribution >= 4 is 35.8 Å². The third-order valence-electron chi connectivity index (χ3n) is 4.63. The minimum atomic E-state index is 0. The van der Waals surface area contributed by atoms with E-state index in [9.17, 15) is 0 Å². The molecule has 0 aliphatic carbocycles. The van der Waals surface area contributed by atoms with Crippen LogP contribution >= 0.6 is 24.0 Å². The number of halogens is 1. The van der Waals surface area contributed by atoms with Crippen LogP contribution in [0.1, 0.15) is 32.8 Å². The van der Waals surface area contributed by atoms with Crippen LogP contribution in [0.4, 0.5) is 5.82 Å². The molecule has 0 aromatic carbocycles. The second-order valence-corrected chi connectivity index (χ2v) is 7.72. The van der Waals surface area contributed by atoms with Crippen molar-refractivity contribution in [3.05, 3.63) is 23.9 Å². The van der Waals surface area contributed by atoms with E-state index in [4.69, 9.17) is 9.73 Å². The van der Waals surface area contributed by atoms with Crippen molar-refractivity contribution in [1.29, 1.82) is 0 Å². The number of pyridine rings is 1. The maximum absolute atomic E-state index is 5.64. The van der Waals surface area contributed by atoms with E-state index in [0.29, 0.717) is 12.5 Å². The molecule has 2 rings (SSSR count). The molecule has 1 fully saturated rings. The zero-order valence-corrected chi connectivity index (χ0v) is 20.8. The first-order chi connectivity index (χ1) is 13.6. The van der Waals surface area contributed by atoms with Crippen molar-refractivity contribution in [2.24, 2.45) is 10.9 Å². The largest absolute Gasteiger partial charge is 0.381 e. The predicted octanol–water partition coefficient (Wildman–Crippen LogP) is 2.57. The van der Waals surface area contributed by atoms with E-state index in [0.717, 1.165) is 70.7 Å². The molecule has 0 radical (unpaired) electrons. The van der Waals surface area contributed by atoms with Gasteiger partial charge >= 0.3 is 0 Å². The van der Waals surface area contributed by atoms with Crippen molar-refractivity contribution in [3.63, 3.8) is 0 Å². The first-order valence-corrected chi connectivity index (χ1v) is 10.6. The van der Waals surface area contributed by atoms with Gasteiger partial charge < -0.3 is 25.2 Å². The zero-order chi connectivity index (χ0) is 20.2. The Morgan fingerprint density at radius 3 is 2.69 bits per heavy atom. The second-order valence-electron chi connectivity index (χ2n) is 7.72. The fourth-order valence-corrected chi connectivity index (χ4v) is 3.06. The standard InChI is InChI=1S/C21H38N6O.HI/c1-5-22-21(24-10-7-15-28-17-18(2)3)25-16-19-8-6-9-23-20(19)27-13-11-26(4)12-14-27;/h6,8-9,18H,5,7,10-17H2,1-4H3,(H2,22,24,25);1H. The molecule has 0 spiro atoms. The fraction of sp³-hybridized carbons (Fsp3) is 0.714. The lowest BCUT2D eigenvalue weighted by Gasteiger charge is -2.34. The number of nitrogens with one attached hydrogen (secondary N) is 2. The summed E-state index contributed by atoms with van der Waals surface area (Å²) >= 11 is 0. The number of aliphatic imine (C=N–C) groups is 1. The highest BCUT2D eigenvalue weighted by Gasteiger charge is 2.17. The van der Waals surface area contributed by atoms with Crippen LogP contribution in [-0.2, 0) is 11.3 Å². The Bertz CT molecular complexity index is 590. The molecule has 1 aromatic rings. The molecule has 1 aliphatic rings. The highest BCUT2D eigenvalue weighted by molar-refractivity contribution is 14.0. The summed E-state index contributed by atoms with van der Waals surface area (Å²) in [5.74, 6) is 2.50. The van der Waals surface area contributed by atoms with Gasteiger partial charge in [-0.1, -0.05) is 19.9 Å². The summed E-state index contributed by atoms with van der Waals surface area (Å²) < 4.78 is 5.64. The molecule has 0 atom stereocenters. The topological polar surface area (TPSA) is 65.0 Å². The van der Waals surface area contributed by atoms with Gasteiger partial charge in [-0.25, -0.2) is 9.98 Å². The molecule has 0 unspecified atom stereocenters. The van der Waals surface area contributed by atoms with E-state index in [1.165, 1.54) is 5.56 Å². The van der Waals surface area contributed by atoms with Crippen LogP contribution in [0.25, 0.3) is 0 Å². The molecule has 0 amide bonds. The smallest absolute Gasteiger partial charge is 0.191 e. The molecule has 166 valence electrons. The first kappa shape index (κ1) is 25.9. The first-order valence-electron chi connectivity index (χ1n) is 10.6. The van der Waals surface area contributed by atoms with Crippen LogP contribution < -0.4 is 15.5 Å². The summed E-state index contributed by atoms with van der Waals surface area (Å²) in [6, 6.07) is 4.13. The normalized spacial score (nSPS) is 15.3. The molecule has 8 heteroatoms. The number of nitrogens with zero attached hydrogens (tertiary/aromatic N) is 4. The van der Waals surface area contributed by atoms with Gasteiger partial charge in [0.05, 0.1) is 6.54 Å². The van der Waals surface area contributed by atoms with Crippen molar-refractivity contribution in [3.8, 4) is 0 Å². The van der Waals surface area contributed by atoms with Gasteiger partial charge in [0.25, 0.3) is 0 Å². The Morgan fingerprint density at radius 2 is 2.00 bits per heavy atom. The minimum Gasteiger partial charge on any atom is -0.381 e. The van der Waals surface area contributed by atoms with E-state index in [-0.39, 0.29) is 24.0 Å². The summed E-state index contributed by atoms with van der Waals surface area (Å²) in [6.45, 7) is 14.5. The predicted molar refractivity (Wildman–Crippen MR) is 132 cm³/mol. The second kappa shape index (κ2) is 14.8. The Kier molecular flexibility index (Phi) is 13.2. The van der Waals surface area contributed by atoms with Crippen LogP contribution in [-0.4, -0.2) is 75.4 Å². The summed E-state index contributed by atoms with van der Waals surface area (Å²) in [5.41, 5.74) is 1.17. The summed E-state index contributed by atoms with van der Waals surface area (Å²) in [6.07, 6.45) is 2.85. The Balaban J connectivity index is 0.00000420. The molecule has 2 heterocycles. The third kappa shape index (κ3) is 9.95. The quantitative estimate of drug-likeness (QED) is 0.215. The van der Waals surface area contributed by atoms with Gasteiger partial charge in [-0.3, -0.25) is 0 Å². The lowest BCUT2D eigenvalue weighted by atomic mass is 10.2. The molecule has 0 saturated carbocycles. The number of aromatic nitrogens is 1. The maximum atomic E-state index is 5.64. The van der Waals surface area contributed by atoms with Gasteiger partial charge in [0.15, 0.2) is 5.96 Å². The zero-order valence-electron chi connectivity index (χ0n) is 18.5. The average molecular weight is 518 g/mol. The number of likely N-dealkylation sites (N-methyl/N-ethyl adjacent to an activating group) is 1. The summed E-state index contributed by atoms with van der Waals surface area (Å²) in [7, 11) is 2.17. The Morgan fingerprint density at radius 1 is 1.24 bits per heavy atom. The monoisotopic (exact) mass is 518 g/mol. The highest BCUT2D eigenvalue weighted by atomic mass is 127. The number of rotatable bonds is 10. The average Bonchev–Trinajstić information content (AvgIpc) is 2.69. The van der Waals surface area contributed by atoms with E-state index >= 15 is 0 Å². The van der Waals surface area contributed by atoms with Crippen LogP contribution in [0.2, 0.25) is 0 Å². The minimum absolute atomic E-state index is 0. The van der Waals surface area contributed by atoms with Gasteiger partial charge in [-0.05, 0) is 32.4 Å². The maximum Gasteiger partial charge on any atom is 0.191 e. The van der Waals surface area contributed by atoms with Crippen molar-refractivity contribution in [1.82, 2.24) is 20.5 Å². The van der Waals surface area contributed by atoms with Crippen molar-refractivity contribution in [2.45, 2.75) is 33.7 Å². The van der Waals surface area contributed by atoms with Crippen LogP contribution in [0, 0.1) is 5.92 Å². The summed E-state index contributed by atoms with van der Waals surface area (Å²) in [5, 5.41) is 6.73. The SMILES string of the molecule is CCNC(=NCc1cccnc1N1CCN(C)CC1)NCCCOCC(C)C.I. The van der Waals surface area contributed by atoms with Gasteiger partial charge in [0.1, 0.15) is 5.82 Å². The molecule has 1 aromatic heterocycles. The number of anilines is 1. The Hall–Kier alpha value is -1.13. The van der Waals surface area contributed by atoms with Crippen molar-refractivity contribution < 1.29 is 4.74 Å². The number of piperazine rings is 1. The van der Waals surface area contributed by atoms with Gasteiger partial charge in [0.2, 0.25) is 0 Å². The van der Waals surface area contributed by atoms with Crippen molar-refractivity contribution in [2.75, 3.05) is 64.4 Å². The van der Waals surface area contributed by atoms with Gasteiger partial charge in [-0.15, -0.1) is 24.0 Å². The lowest BCUT2D eigenvalue weighted by Crippen LogP contribution is -2.45. The van der Waals surface area contributed by atoms with E-state index in [1.807, 2.05) is 12.3 Å². The van der Waals surface area contributed by atoms with Gasteiger partial charge in [0, 0.05) is 64.2 Å². The molecule has 1 aliphatic heterocycles. The van der Waals surface area contributed by atoms with E-state index < -0.39 is 0 Å². The number of guanidine groups is 1. The molecule has 2 N–H and O–H groups in total. The molecule has 7 nitrogen and oxygen atoms in total. The molecular weight excluding hydrogens is 479 g/mol. The highest BCUT2D eigenvalue weighted by Crippen LogP contribution is 2.19. The number of ether oxygens (including phenoxy) is 1. The third-order valence-corrected chi connectivity index (χ3v) is 4.63. The number of hydrogen-bond donors (Lipinski definition) is 2. The lowest BCUT2D eigenvalue weighted by molar-refractivity contribution is 0.108. The molecule has 0 bridgehead atoms. The number of hydrogen-bond acceptors (Lipinski definition) is 5. The van der Waals surface area contributed by atoms with Gasteiger partial charge in [-0.2, -0.15) is 0 Å². The van der Waals surface area contributed by atoms with E-state index in [2.05, 4.69) is 59.3 Å². The Labute approximate surface area is 193 Å². The van der Waals surface area contributed by atoms with Crippen LogP contribution in [0.15, 0.2) is 23.3 Å².